The molecule has 0 bridgehead atoms. The lowest BCUT2D eigenvalue weighted by Gasteiger charge is -2.19. The highest BCUT2D eigenvalue weighted by atomic mass is 32.2. The van der Waals surface area contributed by atoms with Crippen molar-refractivity contribution in [2.75, 3.05) is 13.4 Å². The van der Waals surface area contributed by atoms with Crippen LogP contribution in [0.5, 0.6) is 0 Å². The summed E-state index contributed by atoms with van der Waals surface area (Å²) in [6.07, 6.45) is 1.99. The Labute approximate surface area is 55.3 Å². The smallest absolute Gasteiger partial charge is 0.0586 e. The molecule has 0 saturated heterocycles. The molecule has 3 heteroatoms. The third-order valence-electron chi connectivity index (χ3n) is 0.782. The summed E-state index contributed by atoms with van der Waals surface area (Å²) >= 11 is 1.59. The maximum Gasteiger partial charge on any atom is 0.0586 e. The Balaban J connectivity index is 3.35. The summed E-state index contributed by atoms with van der Waals surface area (Å²) in [6, 6.07) is 0.454. The third kappa shape index (κ3) is 2.55. The first-order valence-electron chi connectivity index (χ1n) is 2.59. The first kappa shape index (κ1) is 8.27. The molecule has 0 aliphatic rings. The Morgan fingerprint density at radius 1 is 1.50 bits per heavy atom. The van der Waals surface area contributed by atoms with E-state index < -0.39 is 0 Å². The van der Waals surface area contributed by atoms with E-state index >= 15 is 0 Å². The maximum absolute atomic E-state index is 4.96. The molecule has 0 N–H and O–H groups in total. The van der Waals surface area contributed by atoms with E-state index in [1.54, 1.807) is 19.1 Å². The lowest BCUT2D eigenvalue weighted by Crippen LogP contribution is -2.21. The van der Waals surface area contributed by atoms with E-state index in [1.165, 1.54) is 0 Å². The second-order valence-electron chi connectivity index (χ2n) is 1.74. The van der Waals surface area contributed by atoms with Gasteiger partial charge in [-0.15, -0.1) is 4.47 Å². The first-order chi connectivity index (χ1) is 3.72. The maximum atomic E-state index is 4.96. The second-order valence-corrected chi connectivity index (χ2v) is 2.47. The fourth-order valence-corrected chi connectivity index (χ4v) is 1.07. The molecule has 0 rings (SSSR count). The Morgan fingerprint density at radius 2 is 2.00 bits per heavy atom. The summed E-state index contributed by atoms with van der Waals surface area (Å²) in [4.78, 5) is 4.96. The minimum atomic E-state index is 0.454. The van der Waals surface area contributed by atoms with Crippen molar-refractivity contribution in [2.45, 2.75) is 19.9 Å². The van der Waals surface area contributed by atoms with Crippen LogP contribution in [0, 0.1) is 0 Å². The van der Waals surface area contributed by atoms with E-state index in [1.807, 2.05) is 10.7 Å². The van der Waals surface area contributed by atoms with Gasteiger partial charge in [-0.25, -0.2) is 0 Å². The van der Waals surface area contributed by atoms with Crippen LogP contribution in [-0.2, 0) is 4.84 Å². The van der Waals surface area contributed by atoms with Crippen molar-refractivity contribution in [3.8, 4) is 0 Å². The highest BCUT2D eigenvalue weighted by Crippen LogP contribution is 2.08. The van der Waals surface area contributed by atoms with Gasteiger partial charge in [0.05, 0.1) is 7.11 Å². The Hall–Kier alpha value is 0.270. The van der Waals surface area contributed by atoms with Crippen molar-refractivity contribution in [3.05, 3.63) is 0 Å². The predicted molar refractivity (Wildman–Crippen MR) is 37.5 cm³/mol. The summed E-state index contributed by atoms with van der Waals surface area (Å²) < 4.78 is 1.83. The summed E-state index contributed by atoms with van der Waals surface area (Å²) in [7, 11) is 1.68. The summed E-state index contributed by atoms with van der Waals surface area (Å²) in [5, 5.41) is 0. The average Bonchev–Trinajstić information content (AvgIpc) is 1.69. The average molecular weight is 135 g/mol. The van der Waals surface area contributed by atoms with Gasteiger partial charge in [0, 0.05) is 6.04 Å². The van der Waals surface area contributed by atoms with Gasteiger partial charge in [-0.2, -0.15) is 0 Å². The van der Waals surface area contributed by atoms with Crippen LogP contribution in [0.2, 0.25) is 0 Å². The molecule has 0 aromatic rings. The summed E-state index contributed by atoms with van der Waals surface area (Å²) in [6.45, 7) is 4.17. The van der Waals surface area contributed by atoms with Crippen LogP contribution >= 0.6 is 11.9 Å². The lowest BCUT2D eigenvalue weighted by atomic mass is 10.4. The van der Waals surface area contributed by atoms with Crippen molar-refractivity contribution < 1.29 is 4.84 Å². The van der Waals surface area contributed by atoms with Gasteiger partial charge in [0.15, 0.2) is 0 Å². The summed E-state index contributed by atoms with van der Waals surface area (Å²) in [5.74, 6) is 0. The van der Waals surface area contributed by atoms with Crippen LogP contribution in [0.25, 0.3) is 0 Å². The van der Waals surface area contributed by atoms with Crippen LogP contribution in [-0.4, -0.2) is 23.9 Å². The van der Waals surface area contributed by atoms with Gasteiger partial charge < -0.3 is 0 Å². The molecule has 0 fully saturated rings. The minimum absolute atomic E-state index is 0.454. The summed E-state index contributed by atoms with van der Waals surface area (Å²) in [5.41, 5.74) is 0. The van der Waals surface area contributed by atoms with Crippen LogP contribution in [0.1, 0.15) is 13.8 Å². The number of hydrogen-bond acceptors (Lipinski definition) is 3. The molecule has 8 heavy (non-hydrogen) atoms. The fourth-order valence-electron chi connectivity index (χ4n) is 0.496. The highest BCUT2D eigenvalue weighted by Gasteiger charge is 2.03. The van der Waals surface area contributed by atoms with Crippen molar-refractivity contribution in [1.29, 1.82) is 0 Å². The normalized spacial score (nSPS) is 11.2. The van der Waals surface area contributed by atoms with Gasteiger partial charge in [0.1, 0.15) is 0 Å². The zero-order valence-electron chi connectivity index (χ0n) is 5.84. The molecule has 0 amide bonds. The van der Waals surface area contributed by atoms with E-state index in [2.05, 4.69) is 13.8 Å². The van der Waals surface area contributed by atoms with Crippen LogP contribution in [0.4, 0.5) is 0 Å². The van der Waals surface area contributed by atoms with Gasteiger partial charge in [0.2, 0.25) is 0 Å². The zero-order chi connectivity index (χ0) is 6.57. The van der Waals surface area contributed by atoms with E-state index in [0.717, 1.165) is 0 Å². The van der Waals surface area contributed by atoms with Gasteiger partial charge in [-0.05, 0) is 20.1 Å². The predicted octanol–water partition coefficient (Wildman–Crippen LogP) is 1.54. The van der Waals surface area contributed by atoms with E-state index in [-0.39, 0.29) is 0 Å². The standard InChI is InChI=1S/C5H13NOS/c1-5(2)6(7-3)8-4/h5H,1-4H3. The molecule has 0 aromatic heterocycles. The van der Waals surface area contributed by atoms with Crippen molar-refractivity contribution in [2.24, 2.45) is 0 Å². The van der Waals surface area contributed by atoms with Crippen LogP contribution in [0.15, 0.2) is 0 Å². The van der Waals surface area contributed by atoms with E-state index in [9.17, 15) is 0 Å². The number of hydroxylamine groups is 1. The molecule has 0 atom stereocenters. The minimum Gasteiger partial charge on any atom is -0.291 e. The lowest BCUT2D eigenvalue weighted by molar-refractivity contribution is -0.0599. The molecule has 0 radical (unpaired) electrons. The number of hydrogen-bond donors (Lipinski definition) is 0. The SMILES string of the molecule is CON(SC)C(C)C. The Bertz CT molecular complexity index is 54.4. The van der Waals surface area contributed by atoms with Gasteiger partial charge in [0.25, 0.3) is 0 Å². The molecule has 50 valence electrons. The monoisotopic (exact) mass is 135 g/mol. The topological polar surface area (TPSA) is 12.5 Å². The zero-order valence-corrected chi connectivity index (χ0v) is 6.66. The number of rotatable bonds is 3. The molecule has 0 heterocycles. The largest absolute Gasteiger partial charge is 0.291 e. The Kier molecular flexibility index (Phi) is 4.32. The van der Waals surface area contributed by atoms with Crippen molar-refractivity contribution in [3.63, 3.8) is 0 Å². The van der Waals surface area contributed by atoms with Crippen molar-refractivity contribution in [1.82, 2.24) is 4.47 Å². The molecular formula is C5H13NOS. The van der Waals surface area contributed by atoms with E-state index in [4.69, 9.17) is 4.84 Å². The van der Waals surface area contributed by atoms with Crippen molar-refractivity contribution >= 4 is 11.9 Å². The van der Waals surface area contributed by atoms with Crippen LogP contribution < -0.4 is 0 Å². The van der Waals surface area contributed by atoms with Gasteiger partial charge >= 0.3 is 0 Å². The van der Waals surface area contributed by atoms with Gasteiger partial charge in [-0.1, -0.05) is 11.9 Å². The third-order valence-corrected chi connectivity index (χ3v) is 1.71. The molecule has 2 nitrogen and oxygen atoms in total. The van der Waals surface area contributed by atoms with Crippen LogP contribution in [0.3, 0.4) is 0 Å². The number of nitrogens with zero attached hydrogens (tertiary/aromatic N) is 1. The molecule has 0 aliphatic carbocycles. The molecule has 0 saturated carbocycles. The van der Waals surface area contributed by atoms with E-state index in [0.29, 0.717) is 6.04 Å². The molecule has 0 aliphatic heterocycles. The second kappa shape index (κ2) is 4.18. The molecule has 0 aromatic carbocycles. The Morgan fingerprint density at radius 3 is 2.00 bits per heavy atom. The van der Waals surface area contributed by atoms with Gasteiger partial charge in [-0.3, -0.25) is 4.84 Å². The molecule has 0 spiro atoms. The fraction of sp³-hybridized carbons (Fsp3) is 1.00. The highest BCUT2D eigenvalue weighted by molar-refractivity contribution is 7.96. The molecular weight excluding hydrogens is 122 g/mol. The first-order valence-corrected chi connectivity index (χ1v) is 3.78. The molecule has 0 unspecified atom stereocenters. The quantitative estimate of drug-likeness (QED) is 0.430.